The van der Waals surface area contributed by atoms with Gasteiger partial charge < -0.3 is 25.2 Å². The van der Waals surface area contributed by atoms with Crippen molar-refractivity contribution in [2.24, 2.45) is 5.92 Å². The number of hydrogen-bond acceptors (Lipinski definition) is 7. The number of anilines is 2. The van der Waals surface area contributed by atoms with Gasteiger partial charge in [0, 0.05) is 62.7 Å². The standard InChI is InChI=1S/C28H32N6O3/c1-33-22-7-3-2-6-21(22)25-19(16-23-27(33)37-23)17-30-28(32-25)31-20-11-9-18(10-12-20)26(36)29-13-5-15-34-14-4-8-24(34)35/h2-3,6-7,9,11-12,17-18,23,27H,4-5,8,10,13-16H2,1H3,(H,29,36)(H,30,31,32). The van der Waals surface area contributed by atoms with Crippen molar-refractivity contribution in [3.05, 3.63) is 60.0 Å². The molecule has 192 valence electrons. The van der Waals surface area contributed by atoms with Crippen LogP contribution in [0.15, 0.2) is 54.4 Å². The Labute approximate surface area is 216 Å². The van der Waals surface area contributed by atoms with Gasteiger partial charge in [0.25, 0.3) is 0 Å². The zero-order valence-electron chi connectivity index (χ0n) is 21.0. The van der Waals surface area contributed by atoms with Crippen LogP contribution < -0.4 is 15.5 Å². The first kappa shape index (κ1) is 23.7. The van der Waals surface area contributed by atoms with E-state index in [1.165, 1.54) is 0 Å². The Morgan fingerprint density at radius 1 is 1.27 bits per heavy atom. The lowest BCUT2D eigenvalue weighted by Crippen LogP contribution is -2.33. The van der Waals surface area contributed by atoms with Crippen LogP contribution >= 0.6 is 0 Å². The molecular weight excluding hydrogens is 468 g/mol. The molecule has 9 heteroatoms. The fourth-order valence-corrected chi connectivity index (χ4v) is 5.40. The van der Waals surface area contributed by atoms with Crippen LogP contribution in [0.25, 0.3) is 11.3 Å². The lowest BCUT2D eigenvalue weighted by molar-refractivity contribution is -0.127. The molecule has 4 aliphatic rings. The van der Waals surface area contributed by atoms with Gasteiger partial charge >= 0.3 is 0 Å². The summed E-state index contributed by atoms with van der Waals surface area (Å²) in [7, 11) is 2.06. The number of nitrogens with zero attached hydrogens (tertiary/aromatic N) is 4. The molecular formula is C28H32N6O3. The Kier molecular flexibility index (Phi) is 6.38. The molecule has 9 nitrogen and oxygen atoms in total. The van der Waals surface area contributed by atoms with Crippen LogP contribution in [0, 0.1) is 5.92 Å². The van der Waals surface area contributed by atoms with Crippen molar-refractivity contribution in [2.75, 3.05) is 36.9 Å². The summed E-state index contributed by atoms with van der Waals surface area (Å²) < 4.78 is 5.89. The van der Waals surface area contributed by atoms with Crippen molar-refractivity contribution in [3.8, 4) is 11.3 Å². The lowest BCUT2D eigenvalue weighted by Gasteiger charge is -2.24. The van der Waals surface area contributed by atoms with Crippen molar-refractivity contribution in [2.45, 2.75) is 44.4 Å². The second-order valence-electron chi connectivity index (χ2n) is 10.1. The number of epoxide rings is 1. The number of likely N-dealkylation sites (N-methyl/N-ethyl adjacent to an activating group) is 1. The number of para-hydroxylation sites is 1. The fraction of sp³-hybridized carbons (Fsp3) is 0.429. The minimum absolute atomic E-state index is 0.0120. The molecule has 1 aromatic heterocycles. The van der Waals surface area contributed by atoms with E-state index in [1.807, 2.05) is 41.5 Å². The van der Waals surface area contributed by atoms with Crippen molar-refractivity contribution in [1.29, 1.82) is 0 Å². The largest absolute Gasteiger partial charge is 0.356 e. The number of amides is 2. The number of aromatic nitrogens is 2. The van der Waals surface area contributed by atoms with Gasteiger partial charge in [0.05, 0.1) is 11.6 Å². The number of carbonyl (C=O) groups is 2. The quantitative estimate of drug-likeness (QED) is 0.445. The van der Waals surface area contributed by atoms with E-state index in [2.05, 4.69) is 39.7 Å². The molecule has 2 N–H and O–H groups in total. The third kappa shape index (κ3) is 4.96. The molecule has 4 heterocycles. The smallest absolute Gasteiger partial charge is 0.227 e. The van der Waals surface area contributed by atoms with Gasteiger partial charge in [0.15, 0.2) is 6.23 Å². The maximum absolute atomic E-state index is 12.6. The van der Waals surface area contributed by atoms with E-state index in [0.29, 0.717) is 31.9 Å². The van der Waals surface area contributed by atoms with Gasteiger partial charge in [-0.05, 0) is 37.0 Å². The molecule has 2 saturated heterocycles. The number of ether oxygens (including phenoxy) is 1. The van der Waals surface area contributed by atoms with Crippen LogP contribution in [0.3, 0.4) is 0 Å². The van der Waals surface area contributed by atoms with Crippen molar-refractivity contribution in [3.63, 3.8) is 0 Å². The van der Waals surface area contributed by atoms with E-state index < -0.39 is 0 Å². The second kappa shape index (κ2) is 9.97. The predicted octanol–water partition coefficient (Wildman–Crippen LogP) is 2.86. The van der Waals surface area contributed by atoms with Crippen molar-refractivity contribution < 1.29 is 14.3 Å². The minimum atomic E-state index is -0.204. The first-order valence-corrected chi connectivity index (χ1v) is 13.1. The highest BCUT2D eigenvalue weighted by atomic mass is 16.6. The summed E-state index contributed by atoms with van der Waals surface area (Å²) >= 11 is 0. The van der Waals surface area contributed by atoms with Crippen LogP contribution in [-0.2, 0) is 20.7 Å². The van der Waals surface area contributed by atoms with Crippen molar-refractivity contribution in [1.82, 2.24) is 20.2 Å². The number of carbonyl (C=O) groups excluding carboxylic acids is 2. The van der Waals surface area contributed by atoms with E-state index in [0.717, 1.165) is 54.0 Å². The summed E-state index contributed by atoms with van der Waals surface area (Å²) in [6, 6.07) is 8.26. The third-order valence-electron chi connectivity index (χ3n) is 7.53. The summed E-state index contributed by atoms with van der Waals surface area (Å²) in [6.07, 6.45) is 11.8. The maximum atomic E-state index is 12.6. The number of rotatable bonds is 7. The molecule has 2 aromatic rings. The molecule has 37 heavy (non-hydrogen) atoms. The third-order valence-corrected chi connectivity index (χ3v) is 7.53. The van der Waals surface area contributed by atoms with Crippen LogP contribution in [0.5, 0.6) is 0 Å². The monoisotopic (exact) mass is 500 g/mol. The number of benzene rings is 1. The first-order chi connectivity index (χ1) is 18.1. The Bertz CT molecular complexity index is 1270. The molecule has 0 spiro atoms. The normalized spacial score (nSPS) is 23.9. The van der Waals surface area contributed by atoms with Crippen LogP contribution in [0.4, 0.5) is 11.6 Å². The number of allylic oxidation sites excluding steroid dienone is 2. The predicted molar refractivity (Wildman–Crippen MR) is 141 cm³/mol. The molecule has 3 aliphatic heterocycles. The van der Waals surface area contributed by atoms with E-state index in [-0.39, 0.29) is 30.1 Å². The lowest BCUT2D eigenvalue weighted by atomic mass is 9.98. The highest BCUT2D eigenvalue weighted by molar-refractivity contribution is 5.82. The summed E-state index contributed by atoms with van der Waals surface area (Å²) in [5, 5.41) is 6.32. The first-order valence-electron chi connectivity index (χ1n) is 13.1. The highest BCUT2D eigenvalue weighted by Crippen LogP contribution is 2.41. The maximum Gasteiger partial charge on any atom is 0.227 e. The summed E-state index contributed by atoms with van der Waals surface area (Å²) in [4.78, 5) is 37.8. The summed E-state index contributed by atoms with van der Waals surface area (Å²) in [5.41, 5.74) is 5.04. The zero-order valence-corrected chi connectivity index (χ0v) is 21.0. The fourth-order valence-electron chi connectivity index (χ4n) is 5.40. The molecule has 0 radical (unpaired) electrons. The molecule has 3 unspecified atom stereocenters. The van der Waals surface area contributed by atoms with Gasteiger partial charge in [0.2, 0.25) is 17.8 Å². The number of hydrogen-bond donors (Lipinski definition) is 2. The molecule has 2 fully saturated rings. The van der Waals surface area contributed by atoms with Gasteiger partial charge in [0.1, 0.15) is 6.10 Å². The van der Waals surface area contributed by atoms with Crippen LogP contribution in [-0.4, -0.2) is 65.7 Å². The summed E-state index contributed by atoms with van der Waals surface area (Å²) in [5.74, 6) is 0.561. The van der Waals surface area contributed by atoms with E-state index in [1.54, 1.807) is 0 Å². The molecule has 3 atom stereocenters. The molecule has 2 amide bonds. The Balaban J connectivity index is 1.07. The molecule has 6 rings (SSSR count). The van der Waals surface area contributed by atoms with Crippen LogP contribution in [0.2, 0.25) is 0 Å². The van der Waals surface area contributed by atoms with Gasteiger partial charge in [-0.2, -0.15) is 0 Å². The van der Waals surface area contributed by atoms with E-state index in [9.17, 15) is 9.59 Å². The molecule has 0 saturated carbocycles. The van der Waals surface area contributed by atoms with Crippen LogP contribution in [0.1, 0.15) is 31.2 Å². The van der Waals surface area contributed by atoms with Gasteiger partial charge in [-0.25, -0.2) is 9.97 Å². The topological polar surface area (TPSA) is 103 Å². The average molecular weight is 501 g/mol. The summed E-state index contributed by atoms with van der Waals surface area (Å²) in [6.45, 7) is 2.13. The van der Waals surface area contributed by atoms with Crippen molar-refractivity contribution >= 4 is 23.5 Å². The van der Waals surface area contributed by atoms with Gasteiger partial charge in [-0.15, -0.1) is 0 Å². The number of nitrogens with one attached hydrogen (secondary N) is 2. The van der Waals surface area contributed by atoms with Gasteiger partial charge in [-0.1, -0.05) is 30.4 Å². The number of fused-ring (bicyclic) bond motifs is 4. The zero-order chi connectivity index (χ0) is 25.4. The second-order valence-corrected chi connectivity index (χ2v) is 10.1. The molecule has 1 aliphatic carbocycles. The Morgan fingerprint density at radius 2 is 2.16 bits per heavy atom. The van der Waals surface area contributed by atoms with E-state index >= 15 is 0 Å². The molecule has 0 bridgehead atoms. The van der Waals surface area contributed by atoms with E-state index in [4.69, 9.17) is 9.72 Å². The Morgan fingerprint density at radius 3 is 2.97 bits per heavy atom. The van der Waals surface area contributed by atoms with Gasteiger partial charge in [-0.3, -0.25) is 9.59 Å². The molecule has 1 aromatic carbocycles. The average Bonchev–Trinajstić information content (AvgIpc) is 3.56. The SMILES string of the molecule is CN1c2ccccc2-c2nc(NC3=CCC(C(=O)NCCCN4CCCC4=O)C=C3)ncc2CC2OC21. The minimum Gasteiger partial charge on any atom is -0.356 e. The Hall–Kier alpha value is -3.72. The number of likely N-dealkylation sites (tertiary alicyclic amines) is 1. The highest BCUT2D eigenvalue weighted by Gasteiger charge is 2.44.